The molecular weight excluding hydrogens is 276 g/mol. The second-order valence-electron chi connectivity index (χ2n) is 7.84. The molecule has 0 bridgehead atoms. The van der Waals surface area contributed by atoms with Crippen LogP contribution >= 0.6 is 11.3 Å². The lowest BCUT2D eigenvalue weighted by Gasteiger charge is -2.32. The van der Waals surface area contributed by atoms with Crippen molar-refractivity contribution in [3.8, 4) is 0 Å². The average molecular weight is 305 g/mol. The first kappa shape index (κ1) is 14.2. The number of nitrogens with two attached hydrogens (primary N) is 1. The number of aryl methyl sites for hydroxylation is 1. The Labute approximate surface area is 132 Å². The lowest BCUT2D eigenvalue weighted by atomic mass is 9.74. The number of hydrogen-bond donors (Lipinski definition) is 1. The van der Waals surface area contributed by atoms with Gasteiger partial charge in [-0.2, -0.15) is 0 Å². The predicted molar refractivity (Wildman–Crippen MR) is 88.6 cm³/mol. The Morgan fingerprint density at radius 3 is 2.24 bits per heavy atom. The maximum absolute atomic E-state index is 6.79. The standard InChI is InChI=1S/C18H28N2S/c19-18(10-3-1-2-4-11-18)16-20-14-7-12-17(8-5-6-9-17)13-15(14)21-16/h1-13,19H2. The van der Waals surface area contributed by atoms with E-state index in [1.807, 2.05) is 11.3 Å². The number of thiazole rings is 1. The third-order valence-corrected chi connectivity index (χ3v) is 7.61. The van der Waals surface area contributed by atoms with Crippen molar-refractivity contribution in [1.29, 1.82) is 0 Å². The summed E-state index contributed by atoms with van der Waals surface area (Å²) in [5, 5.41) is 1.27. The Morgan fingerprint density at radius 1 is 0.857 bits per heavy atom. The fraction of sp³-hybridized carbons (Fsp3) is 0.833. The minimum absolute atomic E-state index is 0.110. The molecule has 2 saturated carbocycles. The van der Waals surface area contributed by atoms with Gasteiger partial charge in [-0.15, -0.1) is 11.3 Å². The third-order valence-electron chi connectivity index (χ3n) is 6.29. The molecule has 3 aliphatic rings. The lowest BCUT2D eigenvalue weighted by Crippen LogP contribution is -2.35. The van der Waals surface area contributed by atoms with Crippen LogP contribution in [0.25, 0.3) is 0 Å². The fourth-order valence-electron chi connectivity index (χ4n) is 4.87. The van der Waals surface area contributed by atoms with Gasteiger partial charge in [0.1, 0.15) is 5.01 Å². The van der Waals surface area contributed by atoms with E-state index >= 15 is 0 Å². The van der Waals surface area contributed by atoms with E-state index in [9.17, 15) is 0 Å². The van der Waals surface area contributed by atoms with E-state index in [2.05, 4.69) is 0 Å². The summed E-state index contributed by atoms with van der Waals surface area (Å²) < 4.78 is 0. The molecule has 2 N–H and O–H groups in total. The van der Waals surface area contributed by atoms with Crippen LogP contribution in [0.4, 0.5) is 0 Å². The first-order chi connectivity index (χ1) is 10.2. The number of aromatic nitrogens is 1. The zero-order valence-electron chi connectivity index (χ0n) is 13.1. The fourth-order valence-corrected chi connectivity index (χ4v) is 6.31. The molecular formula is C18H28N2S. The van der Waals surface area contributed by atoms with Gasteiger partial charge >= 0.3 is 0 Å². The molecule has 0 unspecified atom stereocenters. The van der Waals surface area contributed by atoms with Crippen molar-refractivity contribution >= 4 is 11.3 Å². The molecule has 2 nitrogen and oxygen atoms in total. The van der Waals surface area contributed by atoms with Crippen LogP contribution in [-0.4, -0.2) is 4.98 Å². The van der Waals surface area contributed by atoms with Crippen molar-refractivity contribution < 1.29 is 0 Å². The van der Waals surface area contributed by atoms with Crippen LogP contribution in [0.3, 0.4) is 0 Å². The SMILES string of the molecule is NC1(c2nc3c(s2)CC2(CCCC2)CC3)CCCCCC1. The molecule has 3 heteroatoms. The maximum Gasteiger partial charge on any atom is 0.113 e. The van der Waals surface area contributed by atoms with Crippen molar-refractivity contribution in [3.05, 3.63) is 15.6 Å². The molecule has 0 saturated heterocycles. The molecule has 0 aliphatic heterocycles. The van der Waals surface area contributed by atoms with Crippen molar-refractivity contribution in [1.82, 2.24) is 4.98 Å². The molecule has 4 rings (SSSR count). The average Bonchev–Trinajstić information content (AvgIpc) is 3.04. The highest BCUT2D eigenvalue weighted by atomic mass is 32.1. The first-order valence-corrected chi connectivity index (χ1v) is 9.79. The van der Waals surface area contributed by atoms with Gasteiger partial charge in [0.2, 0.25) is 0 Å². The van der Waals surface area contributed by atoms with E-state index in [4.69, 9.17) is 10.7 Å². The molecule has 1 spiro atoms. The van der Waals surface area contributed by atoms with Gasteiger partial charge in [-0.25, -0.2) is 4.98 Å². The molecule has 2 fully saturated rings. The monoisotopic (exact) mass is 304 g/mol. The summed E-state index contributed by atoms with van der Waals surface area (Å²) in [6.07, 6.45) is 17.2. The minimum Gasteiger partial charge on any atom is -0.319 e. The molecule has 0 atom stereocenters. The number of fused-ring (bicyclic) bond motifs is 1. The Bertz CT molecular complexity index is 505. The van der Waals surface area contributed by atoms with Crippen LogP contribution < -0.4 is 5.73 Å². The van der Waals surface area contributed by atoms with Crippen LogP contribution in [0.5, 0.6) is 0 Å². The van der Waals surface area contributed by atoms with Gasteiger partial charge in [0.15, 0.2) is 0 Å². The second kappa shape index (κ2) is 5.34. The highest BCUT2D eigenvalue weighted by Gasteiger charge is 2.40. The van der Waals surface area contributed by atoms with Crippen LogP contribution in [0.1, 0.15) is 86.2 Å². The largest absolute Gasteiger partial charge is 0.319 e. The van der Waals surface area contributed by atoms with Crippen molar-refractivity contribution in [3.63, 3.8) is 0 Å². The summed E-state index contributed by atoms with van der Waals surface area (Å²) in [5.74, 6) is 0. The molecule has 1 aromatic rings. The summed E-state index contributed by atoms with van der Waals surface area (Å²) in [7, 11) is 0. The van der Waals surface area contributed by atoms with Gasteiger partial charge in [-0.1, -0.05) is 38.5 Å². The zero-order valence-corrected chi connectivity index (χ0v) is 13.9. The molecule has 3 aliphatic carbocycles. The summed E-state index contributed by atoms with van der Waals surface area (Å²) in [4.78, 5) is 6.63. The smallest absolute Gasteiger partial charge is 0.113 e. The second-order valence-corrected chi connectivity index (χ2v) is 8.93. The summed E-state index contributed by atoms with van der Waals surface area (Å²) in [6.45, 7) is 0. The van der Waals surface area contributed by atoms with Crippen LogP contribution in [0.2, 0.25) is 0 Å². The predicted octanol–water partition coefficient (Wildman–Crippen LogP) is 4.70. The van der Waals surface area contributed by atoms with Gasteiger partial charge in [0.05, 0.1) is 11.2 Å². The summed E-state index contributed by atoms with van der Waals surface area (Å²) in [6, 6.07) is 0. The van der Waals surface area contributed by atoms with E-state index in [0.29, 0.717) is 5.41 Å². The van der Waals surface area contributed by atoms with Crippen molar-refractivity contribution in [2.75, 3.05) is 0 Å². The quantitative estimate of drug-likeness (QED) is 0.764. The Hall–Kier alpha value is -0.410. The van der Waals surface area contributed by atoms with Crippen LogP contribution in [0, 0.1) is 5.41 Å². The third kappa shape index (κ3) is 2.57. The van der Waals surface area contributed by atoms with E-state index in [0.717, 1.165) is 12.8 Å². The summed E-state index contributed by atoms with van der Waals surface area (Å²) in [5.41, 5.74) is 8.72. The van der Waals surface area contributed by atoms with Gasteiger partial charge in [-0.3, -0.25) is 0 Å². The molecule has 0 radical (unpaired) electrons. The zero-order chi connectivity index (χ0) is 14.3. The van der Waals surface area contributed by atoms with Crippen molar-refractivity contribution in [2.45, 2.75) is 89.0 Å². The van der Waals surface area contributed by atoms with Gasteiger partial charge in [0, 0.05) is 4.88 Å². The Kier molecular flexibility index (Phi) is 3.61. The van der Waals surface area contributed by atoms with E-state index in [-0.39, 0.29) is 5.54 Å². The normalized spacial score (nSPS) is 27.5. The van der Waals surface area contributed by atoms with Crippen molar-refractivity contribution in [2.24, 2.45) is 11.1 Å². The molecule has 116 valence electrons. The van der Waals surface area contributed by atoms with Crippen LogP contribution in [0.15, 0.2) is 0 Å². The highest BCUT2D eigenvalue weighted by molar-refractivity contribution is 7.11. The molecule has 1 heterocycles. The molecule has 1 aromatic heterocycles. The Balaban J connectivity index is 1.60. The topological polar surface area (TPSA) is 38.9 Å². The molecule has 0 aromatic carbocycles. The number of nitrogens with zero attached hydrogens (tertiary/aromatic N) is 1. The minimum atomic E-state index is -0.110. The van der Waals surface area contributed by atoms with Gasteiger partial charge in [-0.05, 0) is 50.4 Å². The van der Waals surface area contributed by atoms with E-state index in [1.54, 1.807) is 4.88 Å². The number of hydrogen-bond acceptors (Lipinski definition) is 3. The van der Waals surface area contributed by atoms with Gasteiger partial charge in [0.25, 0.3) is 0 Å². The lowest BCUT2D eigenvalue weighted by molar-refractivity contribution is 0.256. The maximum atomic E-state index is 6.79. The Morgan fingerprint density at radius 2 is 1.52 bits per heavy atom. The highest BCUT2D eigenvalue weighted by Crippen LogP contribution is 2.49. The number of rotatable bonds is 1. The van der Waals surface area contributed by atoms with Crippen LogP contribution in [-0.2, 0) is 18.4 Å². The molecule has 0 amide bonds. The van der Waals surface area contributed by atoms with Gasteiger partial charge < -0.3 is 5.73 Å². The molecule has 21 heavy (non-hydrogen) atoms. The van der Waals surface area contributed by atoms with E-state index in [1.165, 1.54) is 81.3 Å². The van der Waals surface area contributed by atoms with E-state index < -0.39 is 0 Å². The summed E-state index contributed by atoms with van der Waals surface area (Å²) >= 11 is 1.97. The first-order valence-electron chi connectivity index (χ1n) is 8.97.